The minimum absolute atomic E-state index is 0.538. The zero-order valence-corrected chi connectivity index (χ0v) is 13.8. The summed E-state index contributed by atoms with van der Waals surface area (Å²) < 4.78 is 0. The van der Waals surface area contributed by atoms with Crippen LogP contribution in [0.5, 0.6) is 0 Å². The number of rotatable bonds is 4. The monoisotopic (exact) mass is 306 g/mol. The second-order valence-corrected chi connectivity index (χ2v) is 6.83. The van der Waals surface area contributed by atoms with Crippen LogP contribution in [0.1, 0.15) is 57.1 Å². The zero-order chi connectivity index (χ0) is 15.3. The predicted molar refractivity (Wildman–Crippen MR) is 91.1 cm³/mol. The molecule has 1 saturated carbocycles. The molecule has 4 heteroatoms. The van der Waals surface area contributed by atoms with Crippen LogP contribution in [-0.2, 0) is 12.1 Å². The zero-order valence-electron chi connectivity index (χ0n) is 13.0. The maximum Gasteiger partial charge on any atom is 0.166 e. The maximum atomic E-state index is 9.93. The molecule has 0 aromatic heterocycles. The Morgan fingerprint density at radius 3 is 2.38 bits per heavy atom. The van der Waals surface area contributed by atoms with Gasteiger partial charge in [0.1, 0.15) is 0 Å². The fourth-order valence-corrected chi connectivity index (χ4v) is 2.93. The Morgan fingerprint density at radius 2 is 1.81 bits per heavy atom. The standard InChI is InChI=1S/C17H26N2OS/c1-17(2,20)14-10-8-13(9-11-14)12-18-16(21)19-15-6-4-3-5-7-15/h8-11,15,20H,3-7,12H2,1-2H3,(H2,18,19,21). The molecule has 116 valence electrons. The Kier molecular flexibility index (Phi) is 5.59. The van der Waals surface area contributed by atoms with Gasteiger partial charge in [0, 0.05) is 12.6 Å². The van der Waals surface area contributed by atoms with Gasteiger partial charge in [-0.1, -0.05) is 43.5 Å². The molecule has 0 bridgehead atoms. The first kappa shape index (κ1) is 16.2. The molecule has 0 atom stereocenters. The van der Waals surface area contributed by atoms with Crippen molar-refractivity contribution in [1.29, 1.82) is 0 Å². The maximum absolute atomic E-state index is 9.93. The number of thiocarbonyl (C=S) groups is 1. The predicted octanol–water partition coefficient (Wildman–Crippen LogP) is 3.21. The van der Waals surface area contributed by atoms with Gasteiger partial charge in [-0.05, 0) is 50.0 Å². The van der Waals surface area contributed by atoms with Crippen molar-refractivity contribution in [3.05, 3.63) is 35.4 Å². The molecule has 0 spiro atoms. The third-order valence-corrected chi connectivity index (χ3v) is 4.32. The molecule has 0 heterocycles. The lowest BCUT2D eigenvalue weighted by Crippen LogP contribution is -2.42. The van der Waals surface area contributed by atoms with Gasteiger partial charge >= 0.3 is 0 Å². The molecule has 0 amide bonds. The molecule has 21 heavy (non-hydrogen) atoms. The van der Waals surface area contributed by atoms with E-state index in [1.165, 1.54) is 32.1 Å². The Labute approximate surface area is 133 Å². The Hall–Kier alpha value is -1.13. The van der Waals surface area contributed by atoms with Crippen molar-refractivity contribution in [2.24, 2.45) is 0 Å². The third-order valence-electron chi connectivity index (χ3n) is 4.05. The lowest BCUT2D eigenvalue weighted by Gasteiger charge is -2.24. The van der Waals surface area contributed by atoms with Gasteiger partial charge < -0.3 is 15.7 Å². The van der Waals surface area contributed by atoms with Crippen LogP contribution in [0.15, 0.2) is 24.3 Å². The van der Waals surface area contributed by atoms with Gasteiger partial charge in [-0.25, -0.2) is 0 Å². The second kappa shape index (κ2) is 7.23. The largest absolute Gasteiger partial charge is 0.386 e. The molecule has 1 aromatic rings. The smallest absolute Gasteiger partial charge is 0.166 e. The van der Waals surface area contributed by atoms with E-state index in [-0.39, 0.29) is 0 Å². The Morgan fingerprint density at radius 1 is 1.19 bits per heavy atom. The van der Waals surface area contributed by atoms with Crippen LogP contribution in [-0.4, -0.2) is 16.3 Å². The van der Waals surface area contributed by atoms with Crippen LogP contribution in [0.3, 0.4) is 0 Å². The van der Waals surface area contributed by atoms with Gasteiger partial charge in [0.15, 0.2) is 5.11 Å². The van der Waals surface area contributed by atoms with E-state index < -0.39 is 5.60 Å². The minimum atomic E-state index is -0.788. The van der Waals surface area contributed by atoms with Crippen molar-refractivity contribution < 1.29 is 5.11 Å². The van der Waals surface area contributed by atoms with Crippen LogP contribution >= 0.6 is 12.2 Å². The SMILES string of the molecule is CC(C)(O)c1ccc(CNC(=S)NC2CCCCC2)cc1. The van der Waals surface area contributed by atoms with Gasteiger partial charge in [-0.3, -0.25) is 0 Å². The highest BCUT2D eigenvalue weighted by Crippen LogP contribution is 2.20. The number of nitrogens with one attached hydrogen (secondary N) is 2. The molecule has 3 N–H and O–H groups in total. The molecule has 3 nitrogen and oxygen atoms in total. The molecule has 0 radical (unpaired) electrons. The average molecular weight is 306 g/mol. The molecular weight excluding hydrogens is 280 g/mol. The van der Waals surface area contributed by atoms with E-state index in [0.717, 1.165) is 16.2 Å². The van der Waals surface area contributed by atoms with Crippen molar-refractivity contribution in [2.45, 2.75) is 64.1 Å². The molecule has 0 aliphatic heterocycles. The van der Waals surface area contributed by atoms with Crippen molar-refractivity contribution in [2.75, 3.05) is 0 Å². The summed E-state index contributed by atoms with van der Waals surface area (Å²) in [4.78, 5) is 0. The normalized spacial score (nSPS) is 16.5. The summed E-state index contributed by atoms with van der Waals surface area (Å²) in [6.45, 7) is 4.30. The molecule has 0 saturated heterocycles. The molecule has 1 aliphatic rings. The number of hydrogen-bond acceptors (Lipinski definition) is 2. The molecule has 1 fully saturated rings. The summed E-state index contributed by atoms with van der Waals surface area (Å²) in [6, 6.07) is 8.53. The fraction of sp³-hybridized carbons (Fsp3) is 0.588. The van der Waals surface area contributed by atoms with Gasteiger partial charge in [0.25, 0.3) is 0 Å². The topological polar surface area (TPSA) is 44.3 Å². The van der Waals surface area contributed by atoms with Crippen LogP contribution in [0, 0.1) is 0 Å². The number of benzene rings is 1. The quantitative estimate of drug-likeness (QED) is 0.748. The van der Waals surface area contributed by atoms with Gasteiger partial charge in [-0.15, -0.1) is 0 Å². The van der Waals surface area contributed by atoms with Crippen LogP contribution in [0.25, 0.3) is 0 Å². The van der Waals surface area contributed by atoms with Gasteiger partial charge in [0.05, 0.1) is 5.60 Å². The lowest BCUT2D eigenvalue weighted by molar-refractivity contribution is 0.0786. The highest BCUT2D eigenvalue weighted by Gasteiger charge is 2.15. The van der Waals surface area contributed by atoms with E-state index in [9.17, 15) is 5.11 Å². The minimum Gasteiger partial charge on any atom is -0.386 e. The first-order chi connectivity index (χ1) is 9.95. The summed E-state index contributed by atoms with van der Waals surface area (Å²) in [5.74, 6) is 0. The van der Waals surface area contributed by atoms with E-state index in [1.807, 2.05) is 24.3 Å². The number of hydrogen-bond donors (Lipinski definition) is 3. The summed E-state index contributed by atoms with van der Waals surface area (Å²) in [5, 5.41) is 17.3. The Balaban J connectivity index is 1.78. The summed E-state index contributed by atoms with van der Waals surface area (Å²) >= 11 is 5.36. The summed E-state index contributed by atoms with van der Waals surface area (Å²) in [7, 11) is 0. The van der Waals surface area contributed by atoms with Crippen LogP contribution in [0.4, 0.5) is 0 Å². The van der Waals surface area contributed by atoms with E-state index >= 15 is 0 Å². The van der Waals surface area contributed by atoms with E-state index in [4.69, 9.17) is 12.2 Å². The van der Waals surface area contributed by atoms with Crippen molar-refractivity contribution >= 4 is 17.3 Å². The molecule has 2 rings (SSSR count). The summed E-state index contributed by atoms with van der Waals surface area (Å²) in [5.41, 5.74) is 1.30. The first-order valence-electron chi connectivity index (χ1n) is 7.81. The molecule has 1 aliphatic carbocycles. The highest BCUT2D eigenvalue weighted by molar-refractivity contribution is 7.80. The Bertz CT molecular complexity index is 459. The van der Waals surface area contributed by atoms with Gasteiger partial charge in [-0.2, -0.15) is 0 Å². The second-order valence-electron chi connectivity index (χ2n) is 6.42. The van der Waals surface area contributed by atoms with Crippen molar-refractivity contribution in [1.82, 2.24) is 10.6 Å². The van der Waals surface area contributed by atoms with E-state index in [0.29, 0.717) is 12.6 Å². The van der Waals surface area contributed by atoms with Crippen molar-refractivity contribution in [3.63, 3.8) is 0 Å². The molecule has 0 unspecified atom stereocenters. The third kappa shape index (κ3) is 5.29. The van der Waals surface area contributed by atoms with Crippen LogP contribution in [0.2, 0.25) is 0 Å². The summed E-state index contributed by atoms with van der Waals surface area (Å²) in [6.07, 6.45) is 6.41. The average Bonchev–Trinajstić information content (AvgIpc) is 2.46. The first-order valence-corrected chi connectivity index (χ1v) is 8.22. The van der Waals surface area contributed by atoms with E-state index in [2.05, 4.69) is 10.6 Å². The number of aliphatic hydroxyl groups is 1. The van der Waals surface area contributed by atoms with Crippen LogP contribution < -0.4 is 10.6 Å². The molecule has 1 aromatic carbocycles. The van der Waals surface area contributed by atoms with Crippen molar-refractivity contribution in [3.8, 4) is 0 Å². The lowest BCUT2D eigenvalue weighted by atomic mass is 9.96. The molecular formula is C17H26N2OS. The fourth-order valence-electron chi connectivity index (χ4n) is 2.70. The highest BCUT2D eigenvalue weighted by atomic mass is 32.1. The van der Waals surface area contributed by atoms with Gasteiger partial charge in [0.2, 0.25) is 0 Å². The van der Waals surface area contributed by atoms with E-state index in [1.54, 1.807) is 13.8 Å².